The molecule has 0 saturated heterocycles. The molecule has 0 aliphatic rings. The van der Waals surface area contributed by atoms with E-state index in [1.54, 1.807) is 0 Å². The van der Waals surface area contributed by atoms with E-state index in [0.717, 1.165) is 11.1 Å². The normalized spacial score (nSPS) is 10.8. The second-order valence-corrected chi connectivity index (χ2v) is 5.37. The summed E-state index contributed by atoms with van der Waals surface area (Å²) in [6.45, 7) is 1.35. The maximum Gasteiger partial charge on any atom is 0.231 e. The molecule has 1 amide bonds. The molecule has 21 heavy (non-hydrogen) atoms. The van der Waals surface area contributed by atoms with Crippen molar-refractivity contribution in [2.45, 2.75) is 13.1 Å². The minimum atomic E-state index is -0.363. The second-order valence-electron chi connectivity index (χ2n) is 4.94. The largest absolute Gasteiger partial charge is 0.398 e. The van der Waals surface area contributed by atoms with Gasteiger partial charge in [0.2, 0.25) is 5.91 Å². The molecular weight excluding hydrogens is 286 g/mol. The maximum absolute atomic E-state index is 11.3. The van der Waals surface area contributed by atoms with E-state index in [-0.39, 0.29) is 12.5 Å². The summed E-state index contributed by atoms with van der Waals surface area (Å²) in [5, 5.41) is 0.688. The molecule has 0 aliphatic heterocycles. The van der Waals surface area contributed by atoms with E-state index < -0.39 is 0 Å². The zero-order chi connectivity index (χ0) is 15.2. The lowest BCUT2D eigenvalue weighted by Crippen LogP contribution is -2.33. The molecule has 2 rings (SSSR count). The highest BCUT2D eigenvalue weighted by Crippen LogP contribution is 2.16. The van der Waals surface area contributed by atoms with Crippen molar-refractivity contribution in [2.24, 2.45) is 5.73 Å². The molecule has 0 saturated carbocycles. The van der Waals surface area contributed by atoms with Crippen LogP contribution in [0.15, 0.2) is 48.5 Å². The first-order chi connectivity index (χ1) is 10.0. The van der Waals surface area contributed by atoms with E-state index in [0.29, 0.717) is 23.8 Å². The van der Waals surface area contributed by atoms with Crippen LogP contribution in [0.5, 0.6) is 0 Å². The lowest BCUT2D eigenvalue weighted by atomic mass is 10.1. The number of nitrogens with two attached hydrogens (primary N) is 2. The fraction of sp³-hybridized carbons (Fsp3) is 0.188. The highest BCUT2D eigenvalue weighted by Gasteiger charge is 2.11. The monoisotopic (exact) mass is 303 g/mol. The van der Waals surface area contributed by atoms with Gasteiger partial charge >= 0.3 is 0 Å². The average molecular weight is 304 g/mol. The van der Waals surface area contributed by atoms with Crippen LogP contribution in [0.25, 0.3) is 0 Å². The van der Waals surface area contributed by atoms with Gasteiger partial charge in [-0.3, -0.25) is 9.69 Å². The van der Waals surface area contributed by atoms with Crippen molar-refractivity contribution in [3.63, 3.8) is 0 Å². The van der Waals surface area contributed by atoms with Crippen LogP contribution in [0.2, 0.25) is 5.02 Å². The summed E-state index contributed by atoms with van der Waals surface area (Å²) in [4.78, 5) is 13.2. The standard InChI is InChI=1S/C16H18ClN3O/c17-14-7-5-12(6-8-14)9-20(11-16(19)21)10-13-3-1-2-4-15(13)18/h1-8H,9-11,18H2,(H2,19,21). The topological polar surface area (TPSA) is 72.4 Å². The van der Waals surface area contributed by atoms with Gasteiger partial charge in [-0.1, -0.05) is 41.9 Å². The number of primary amides is 1. The lowest BCUT2D eigenvalue weighted by Gasteiger charge is -2.21. The summed E-state index contributed by atoms with van der Waals surface area (Å²) in [5.41, 5.74) is 14.0. The minimum Gasteiger partial charge on any atom is -0.398 e. The molecule has 4 nitrogen and oxygen atoms in total. The molecule has 2 aromatic carbocycles. The first-order valence-corrected chi connectivity index (χ1v) is 7.01. The van der Waals surface area contributed by atoms with Crippen LogP contribution in [0.3, 0.4) is 0 Å². The number of hydrogen-bond donors (Lipinski definition) is 2. The van der Waals surface area contributed by atoms with Gasteiger partial charge in [-0.15, -0.1) is 0 Å². The fourth-order valence-corrected chi connectivity index (χ4v) is 2.28. The summed E-state index contributed by atoms with van der Waals surface area (Å²) in [5.74, 6) is -0.363. The van der Waals surface area contributed by atoms with Crippen molar-refractivity contribution in [2.75, 3.05) is 12.3 Å². The number of nitrogen functional groups attached to an aromatic ring is 1. The van der Waals surface area contributed by atoms with E-state index in [4.69, 9.17) is 23.1 Å². The van der Waals surface area contributed by atoms with E-state index in [2.05, 4.69) is 0 Å². The molecule has 0 atom stereocenters. The Hall–Kier alpha value is -2.04. The summed E-state index contributed by atoms with van der Waals surface area (Å²) in [6, 6.07) is 15.1. The molecular formula is C16H18ClN3O. The maximum atomic E-state index is 11.3. The Morgan fingerprint density at radius 1 is 1.05 bits per heavy atom. The molecule has 5 heteroatoms. The zero-order valence-corrected chi connectivity index (χ0v) is 12.4. The van der Waals surface area contributed by atoms with Gasteiger partial charge in [0.1, 0.15) is 0 Å². The number of amides is 1. The fourth-order valence-electron chi connectivity index (χ4n) is 2.16. The summed E-state index contributed by atoms with van der Waals surface area (Å²) < 4.78 is 0. The van der Waals surface area contributed by atoms with Crippen LogP contribution in [-0.4, -0.2) is 17.4 Å². The summed E-state index contributed by atoms with van der Waals surface area (Å²) in [7, 11) is 0. The molecule has 110 valence electrons. The second kappa shape index (κ2) is 7.11. The number of halogens is 1. The van der Waals surface area contributed by atoms with E-state index in [1.807, 2.05) is 53.4 Å². The number of hydrogen-bond acceptors (Lipinski definition) is 3. The molecule has 0 heterocycles. The van der Waals surface area contributed by atoms with Gasteiger partial charge in [0.05, 0.1) is 6.54 Å². The van der Waals surface area contributed by atoms with Gasteiger partial charge in [0, 0.05) is 23.8 Å². The average Bonchev–Trinajstić information content (AvgIpc) is 2.43. The third-order valence-electron chi connectivity index (χ3n) is 3.15. The van der Waals surface area contributed by atoms with Crippen molar-refractivity contribution >= 4 is 23.2 Å². The van der Waals surface area contributed by atoms with E-state index in [1.165, 1.54) is 0 Å². The Labute approximate surface area is 129 Å². The predicted molar refractivity (Wildman–Crippen MR) is 85.6 cm³/mol. The number of carbonyl (C=O) groups is 1. The Morgan fingerprint density at radius 3 is 2.33 bits per heavy atom. The van der Waals surface area contributed by atoms with Gasteiger partial charge in [0.25, 0.3) is 0 Å². The smallest absolute Gasteiger partial charge is 0.231 e. The molecule has 0 radical (unpaired) electrons. The third kappa shape index (κ3) is 4.77. The van der Waals surface area contributed by atoms with Crippen LogP contribution in [0, 0.1) is 0 Å². The van der Waals surface area contributed by atoms with Gasteiger partial charge in [-0.25, -0.2) is 0 Å². The number of rotatable bonds is 6. The van der Waals surface area contributed by atoms with Crippen molar-refractivity contribution in [3.8, 4) is 0 Å². The van der Waals surface area contributed by atoms with Crippen LogP contribution >= 0.6 is 11.6 Å². The van der Waals surface area contributed by atoms with Crippen molar-refractivity contribution in [1.82, 2.24) is 4.90 Å². The highest BCUT2D eigenvalue weighted by atomic mass is 35.5. The lowest BCUT2D eigenvalue weighted by molar-refractivity contribution is -0.119. The summed E-state index contributed by atoms with van der Waals surface area (Å²) >= 11 is 5.88. The molecule has 0 aromatic heterocycles. The molecule has 0 bridgehead atoms. The first-order valence-electron chi connectivity index (χ1n) is 6.63. The van der Waals surface area contributed by atoms with Crippen LogP contribution in [-0.2, 0) is 17.9 Å². The molecule has 0 aliphatic carbocycles. The van der Waals surface area contributed by atoms with Gasteiger partial charge in [-0.05, 0) is 29.3 Å². The Morgan fingerprint density at radius 2 is 1.71 bits per heavy atom. The number of nitrogens with zero attached hydrogens (tertiary/aromatic N) is 1. The Balaban J connectivity index is 2.12. The number of benzene rings is 2. The minimum absolute atomic E-state index is 0.178. The third-order valence-corrected chi connectivity index (χ3v) is 3.40. The van der Waals surface area contributed by atoms with Crippen LogP contribution in [0.4, 0.5) is 5.69 Å². The molecule has 0 unspecified atom stereocenters. The molecule has 0 spiro atoms. The Kier molecular flexibility index (Phi) is 5.20. The Bertz CT molecular complexity index is 613. The van der Waals surface area contributed by atoms with Gasteiger partial charge in [-0.2, -0.15) is 0 Å². The van der Waals surface area contributed by atoms with Gasteiger partial charge < -0.3 is 11.5 Å². The van der Waals surface area contributed by atoms with Gasteiger partial charge in [0.15, 0.2) is 0 Å². The zero-order valence-electron chi connectivity index (χ0n) is 11.6. The predicted octanol–water partition coefficient (Wildman–Crippen LogP) is 2.41. The quantitative estimate of drug-likeness (QED) is 0.805. The van der Waals surface area contributed by atoms with Crippen LogP contribution < -0.4 is 11.5 Å². The number of carbonyl (C=O) groups excluding carboxylic acids is 1. The summed E-state index contributed by atoms with van der Waals surface area (Å²) in [6.07, 6.45) is 0. The van der Waals surface area contributed by atoms with Crippen molar-refractivity contribution in [3.05, 3.63) is 64.7 Å². The molecule has 4 N–H and O–H groups in total. The van der Waals surface area contributed by atoms with Crippen molar-refractivity contribution in [1.29, 1.82) is 0 Å². The highest BCUT2D eigenvalue weighted by molar-refractivity contribution is 6.30. The van der Waals surface area contributed by atoms with E-state index in [9.17, 15) is 4.79 Å². The van der Waals surface area contributed by atoms with Crippen LogP contribution in [0.1, 0.15) is 11.1 Å². The first kappa shape index (κ1) is 15.4. The number of anilines is 1. The molecule has 2 aromatic rings. The number of para-hydroxylation sites is 1. The van der Waals surface area contributed by atoms with Crippen molar-refractivity contribution < 1.29 is 4.79 Å². The molecule has 0 fully saturated rings. The van der Waals surface area contributed by atoms with E-state index >= 15 is 0 Å². The SMILES string of the molecule is NC(=O)CN(Cc1ccc(Cl)cc1)Cc1ccccc1N.